The maximum Gasteiger partial charge on any atom is 0.0704 e. The Balaban J connectivity index is 1.83. The smallest absolute Gasteiger partial charge is 0.0704 e. The fourth-order valence-electron chi connectivity index (χ4n) is 2.63. The Bertz CT molecular complexity index is 385. The number of rotatable bonds is 5. The molecule has 0 bridgehead atoms. The number of nitrogens with one attached hydrogen (secondary N) is 1. The van der Waals surface area contributed by atoms with Gasteiger partial charge in [0.2, 0.25) is 0 Å². The normalized spacial score (nSPS) is 24.9. The molecule has 1 heterocycles. The molecule has 0 spiro atoms. The first-order valence-corrected chi connectivity index (χ1v) is 7.55. The highest BCUT2D eigenvalue weighted by Crippen LogP contribution is 2.21. The lowest BCUT2D eigenvalue weighted by molar-refractivity contribution is 0.0546. The van der Waals surface area contributed by atoms with Crippen molar-refractivity contribution in [3.05, 3.63) is 35.4 Å². The number of ether oxygens (including phenoxy) is 1. The van der Waals surface area contributed by atoms with Crippen molar-refractivity contribution in [2.45, 2.75) is 64.7 Å². The van der Waals surface area contributed by atoms with Gasteiger partial charge in [0.25, 0.3) is 0 Å². The summed E-state index contributed by atoms with van der Waals surface area (Å²) < 4.78 is 5.84. The topological polar surface area (TPSA) is 21.3 Å². The van der Waals surface area contributed by atoms with E-state index in [1.165, 1.54) is 24.0 Å². The largest absolute Gasteiger partial charge is 0.374 e. The molecule has 1 aromatic rings. The highest BCUT2D eigenvalue weighted by atomic mass is 16.5. The van der Waals surface area contributed by atoms with Crippen molar-refractivity contribution in [2.24, 2.45) is 0 Å². The van der Waals surface area contributed by atoms with E-state index in [0.717, 1.165) is 6.54 Å². The fraction of sp³-hybridized carbons (Fsp3) is 0.647. The van der Waals surface area contributed by atoms with E-state index in [9.17, 15) is 0 Å². The van der Waals surface area contributed by atoms with Crippen molar-refractivity contribution in [3.8, 4) is 0 Å². The van der Waals surface area contributed by atoms with Crippen molar-refractivity contribution in [3.63, 3.8) is 0 Å². The molecule has 3 atom stereocenters. The molecule has 1 aromatic carbocycles. The first-order chi connectivity index (χ1) is 9.06. The van der Waals surface area contributed by atoms with Crippen LogP contribution in [-0.2, 0) is 4.74 Å². The molecule has 0 amide bonds. The van der Waals surface area contributed by atoms with Crippen molar-refractivity contribution in [1.82, 2.24) is 5.32 Å². The number of hydrogen-bond acceptors (Lipinski definition) is 2. The van der Waals surface area contributed by atoms with Crippen LogP contribution in [0.5, 0.6) is 0 Å². The number of benzene rings is 1. The average molecular weight is 261 g/mol. The zero-order valence-electron chi connectivity index (χ0n) is 12.6. The van der Waals surface area contributed by atoms with E-state index in [0.29, 0.717) is 24.2 Å². The summed E-state index contributed by atoms with van der Waals surface area (Å²) in [5, 5.41) is 3.59. The van der Waals surface area contributed by atoms with E-state index in [1.54, 1.807) is 0 Å². The molecule has 2 heteroatoms. The molecule has 1 aliphatic heterocycles. The molecule has 0 radical (unpaired) electrons. The third kappa shape index (κ3) is 4.05. The van der Waals surface area contributed by atoms with Crippen LogP contribution < -0.4 is 5.32 Å². The lowest BCUT2D eigenvalue weighted by atomic mass is 9.99. The molecule has 0 aliphatic carbocycles. The summed E-state index contributed by atoms with van der Waals surface area (Å²) in [6.45, 7) is 9.80. The highest BCUT2D eigenvalue weighted by molar-refractivity contribution is 5.26. The van der Waals surface area contributed by atoms with E-state index >= 15 is 0 Å². The molecule has 1 N–H and O–H groups in total. The molecule has 19 heavy (non-hydrogen) atoms. The Morgan fingerprint density at radius 3 is 2.26 bits per heavy atom. The first kappa shape index (κ1) is 14.5. The van der Waals surface area contributed by atoms with E-state index in [1.807, 2.05) is 0 Å². The van der Waals surface area contributed by atoms with Gasteiger partial charge in [0.1, 0.15) is 0 Å². The van der Waals surface area contributed by atoms with Crippen LogP contribution in [-0.4, -0.2) is 18.8 Å². The Morgan fingerprint density at radius 1 is 1.11 bits per heavy atom. The maximum absolute atomic E-state index is 5.84. The summed E-state index contributed by atoms with van der Waals surface area (Å²) in [6.07, 6.45) is 3.22. The van der Waals surface area contributed by atoms with Gasteiger partial charge in [0.05, 0.1) is 12.2 Å². The third-order valence-corrected chi connectivity index (χ3v) is 4.07. The molecular weight excluding hydrogens is 234 g/mol. The summed E-state index contributed by atoms with van der Waals surface area (Å²) in [7, 11) is 0. The Labute approximate surface area is 117 Å². The van der Waals surface area contributed by atoms with Crippen LogP contribution in [0.2, 0.25) is 0 Å². The van der Waals surface area contributed by atoms with Crippen molar-refractivity contribution in [2.75, 3.05) is 6.54 Å². The Morgan fingerprint density at radius 2 is 1.74 bits per heavy atom. The van der Waals surface area contributed by atoms with Gasteiger partial charge in [-0.25, -0.2) is 0 Å². The molecule has 1 aliphatic rings. The summed E-state index contributed by atoms with van der Waals surface area (Å²) >= 11 is 0. The molecule has 1 fully saturated rings. The fourth-order valence-corrected chi connectivity index (χ4v) is 2.63. The van der Waals surface area contributed by atoms with Crippen LogP contribution in [0.4, 0.5) is 0 Å². The van der Waals surface area contributed by atoms with Crippen LogP contribution in [0.25, 0.3) is 0 Å². The molecule has 0 saturated carbocycles. The van der Waals surface area contributed by atoms with Gasteiger partial charge in [0.15, 0.2) is 0 Å². The second-order valence-corrected chi connectivity index (χ2v) is 6.10. The molecule has 106 valence electrons. The molecular formula is C17H27NO. The summed E-state index contributed by atoms with van der Waals surface area (Å²) in [6, 6.07) is 9.36. The zero-order valence-corrected chi connectivity index (χ0v) is 12.6. The van der Waals surface area contributed by atoms with Gasteiger partial charge >= 0.3 is 0 Å². The third-order valence-electron chi connectivity index (χ3n) is 4.07. The summed E-state index contributed by atoms with van der Waals surface area (Å²) in [5.41, 5.74) is 2.76. The second-order valence-electron chi connectivity index (χ2n) is 6.10. The van der Waals surface area contributed by atoms with Crippen LogP contribution >= 0.6 is 0 Å². The standard InChI is InChI=1S/C17H27NO/c1-12(2)15-6-8-16(9-7-15)14(4)18-11-17-10-5-13(3)19-17/h6-9,12-14,17-18H,5,10-11H2,1-4H3. The van der Waals surface area contributed by atoms with E-state index in [4.69, 9.17) is 4.74 Å². The van der Waals surface area contributed by atoms with E-state index in [2.05, 4.69) is 57.3 Å². The molecule has 2 nitrogen and oxygen atoms in total. The maximum atomic E-state index is 5.84. The van der Waals surface area contributed by atoms with Crippen LogP contribution in [0, 0.1) is 0 Å². The Hall–Kier alpha value is -0.860. The summed E-state index contributed by atoms with van der Waals surface area (Å²) in [4.78, 5) is 0. The van der Waals surface area contributed by atoms with Crippen LogP contribution in [0.15, 0.2) is 24.3 Å². The number of hydrogen-bond donors (Lipinski definition) is 1. The Kier molecular flexibility index (Phi) is 5.00. The molecule has 3 unspecified atom stereocenters. The predicted molar refractivity (Wildman–Crippen MR) is 80.5 cm³/mol. The lowest BCUT2D eigenvalue weighted by Crippen LogP contribution is -2.29. The minimum Gasteiger partial charge on any atom is -0.374 e. The quantitative estimate of drug-likeness (QED) is 0.864. The van der Waals surface area contributed by atoms with Gasteiger partial charge in [0, 0.05) is 12.6 Å². The minimum absolute atomic E-state index is 0.390. The van der Waals surface area contributed by atoms with Gasteiger partial charge in [-0.15, -0.1) is 0 Å². The van der Waals surface area contributed by atoms with Gasteiger partial charge in [-0.1, -0.05) is 38.1 Å². The second kappa shape index (κ2) is 6.53. The van der Waals surface area contributed by atoms with Crippen LogP contribution in [0.3, 0.4) is 0 Å². The first-order valence-electron chi connectivity index (χ1n) is 7.55. The SMILES string of the molecule is CC1CCC(CNC(C)c2ccc(C(C)C)cc2)O1. The van der Waals surface area contributed by atoms with Crippen molar-refractivity contribution >= 4 is 0 Å². The van der Waals surface area contributed by atoms with Crippen molar-refractivity contribution < 1.29 is 4.74 Å². The summed E-state index contributed by atoms with van der Waals surface area (Å²) in [5.74, 6) is 0.602. The van der Waals surface area contributed by atoms with Gasteiger partial charge < -0.3 is 10.1 Å². The molecule has 0 aromatic heterocycles. The predicted octanol–water partition coefficient (Wildman–Crippen LogP) is 4.03. The van der Waals surface area contributed by atoms with Gasteiger partial charge in [-0.2, -0.15) is 0 Å². The lowest BCUT2D eigenvalue weighted by Gasteiger charge is -2.18. The minimum atomic E-state index is 0.390. The van der Waals surface area contributed by atoms with Crippen LogP contribution in [0.1, 0.15) is 63.6 Å². The van der Waals surface area contributed by atoms with E-state index in [-0.39, 0.29) is 0 Å². The monoisotopic (exact) mass is 261 g/mol. The molecule has 1 saturated heterocycles. The van der Waals surface area contributed by atoms with Crippen molar-refractivity contribution in [1.29, 1.82) is 0 Å². The highest BCUT2D eigenvalue weighted by Gasteiger charge is 2.21. The van der Waals surface area contributed by atoms with E-state index < -0.39 is 0 Å². The zero-order chi connectivity index (χ0) is 13.8. The van der Waals surface area contributed by atoms with Gasteiger partial charge in [-0.3, -0.25) is 0 Å². The average Bonchev–Trinajstić information content (AvgIpc) is 2.82. The molecule has 2 rings (SSSR count). The van der Waals surface area contributed by atoms with Gasteiger partial charge in [-0.05, 0) is 43.7 Å².